The van der Waals surface area contributed by atoms with Gasteiger partial charge in [-0.2, -0.15) is 0 Å². The van der Waals surface area contributed by atoms with Crippen molar-refractivity contribution in [3.05, 3.63) is 39.8 Å². The number of ketones is 2. The number of carbonyl (C=O) groups is 3. The molecule has 3 fully saturated rings. The number of fused-ring (bicyclic) bond motifs is 3. The Labute approximate surface area is 283 Å². The first kappa shape index (κ1) is 34.5. The van der Waals surface area contributed by atoms with Crippen LogP contribution in [0.3, 0.4) is 0 Å². The van der Waals surface area contributed by atoms with Crippen LogP contribution in [0.2, 0.25) is 0 Å². The van der Waals surface area contributed by atoms with Crippen LogP contribution in [0, 0.1) is 17.8 Å². The van der Waals surface area contributed by atoms with Crippen LogP contribution in [0.1, 0.15) is 22.4 Å². The van der Waals surface area contributed by atoms with E-state index in [1.165, 1.54) is 11.3 Å². The van der Waals surface area contributed by atoms with Crippen molar-refractivity contribution < 1.29 is 39.9 Å². The van der Waals surface area contributed by atoms with Crippen molar-refractivity contribution in [2.24, 2.45) is 23.5 Å². The molecule has 1 aromatic heterocycles. The van der Waals surface area contributed by atoms with Gasteiger partial charge in [0.1, 0.15) is 17.4 Å². The van der Waals surface area contributed by atoms with E-state index >= 15 is 0 Å². The zero-order chi connectivity index (χ0) is 34.8. The van der Waals surface area contributed by atoms with Gasteiger partial charge in [-0.1, -0.05) is 0 Å². The number of aliphatic hydroxyl groups is 4. The van der Waals surface area contributed by atoms with Crippen molar-refractivity contribution in [1.29, 1.82) is 0 Å². The zero-order valence-corrected chi connectivity index (χ0v) is 28.5. The normalized spacial score (nSPS) is 29.5. The van der Waals surface area contributed by atoms with E-state index in [9.17, 15) is 39.9 Å². The summed E-state index contributed by atoms with van der Waals surface area (Å²) in [7, 11) is 6.97. The Morgan fingerprint density at radius 1 is 1.08 bits per heavy atom. The van der Waals surface area contributed by atoms with Crippen LogP contribution in [0.5, 0.6) is 5.75 Å². The van der Waals surface area contributed by atoms with E-state index in [2.05, 4.69) is 9.80 Å². The highest BCUT2D eigenvalue weighted by Gasteiger charge is 2.67. The van der Waals surface area contributed by atoms with E-state index in [0.29, 0.717) is 17.7 Å². The van der Waals surface area contributed by atoms with Gasteiger partial charge < -0.3 is 41.1 Å². The topological polar surface area (TPSA) is 191 Å². The molecule has 2 saturated carbocycles. The van der Waals surface area contributed by atoms with Gasteiger partial charge in [-0.25, -0.2) is 0 Å². The monoisotopic (exact) mass is 683 g/mol. The predicted octanol–water partition coefficient (Wildman–Crippen LogP) is 0.0334. The number of phenolic OH excluding ortho intramolecular Hbond substituents is 1. The van der Waals surface area contributed by atoms with Crippen molar-refractivity contribution in [2.75, 3.05) is 72.4 Å². The number of hydrogen-bond acceptors (Lipinski definition) is 13. The summed E-state index contributed by atoms with van der Waals surface area (Å²) in [4.78, 5) is 50.2. The van der Waals surface area contributed by atoms with Crippen molar-refractivity contribution >= 4 is 40.3 Å². The lowest BCUT2D eigenvalue weighted by Crippen LogP contribution is -2.73. The second-order valence-electron chi connectivity index (χ2n) is 13.9. The number of aliphatic hydroxyl groups excluding tert-OH is 3. The fraction of sp³-hybridized carbons (Fsp3) is 0.559. The van der Waals surface area contributed by atoms with Gasteiger partial charge in [-0.3, -0.25) is 24.2 Å². The molecule has 14 heteroatoms. The van der Waals surface area contributed by atoms with E-state index in [4.69, 9.17) is 5.73 Å². The molecule has 0 bridgehead atoms. The number of thiophene rings is 1. The minimum absolute atomic E-state index is 0.0656. The average Bonchev–Trinajstić information content (AvgIpc) is 3.47. The van der Waals surface area contributed by atoms with Crippen LogP contribution in [-0.2, 0) is 27.3 Å². The van der Waals surface area contributed by atoms with E-state index in [0.717, 1.165) is 48.2 Å². The van der Waals surface area contributed by atoms with Crippen LogP contribution in [0.15, 0.2) is 23.8 Å². The molecule has 1 amide bonds. The largest absolute Gasteiger partial charge is 0.507 e. The highest BCUT2D eigenvalue weighted by molar-refractivity contribution is 7.15. The number of nitrogens with two attached hydrogens (primary N) is 1. The molecule has 1 aromatic carbocycles. The van der Waals surface area contributed by atoms with Crippen LogP contribution in [-0.4, -0.2) is 143 Å². The van der Waals surface area contributed by atoms with Crippen molar-refractivity contribution in [3.63, 3.8) is 0 Å². The van der Waals surface area contributed by atoms with E-state index in [1.54, 1.807) is 19.0 Å². The number of rotatable bonds is 8. The first-order valence-electron chi connectivity index (χ1n) is 16.3. The van der Waals surface area contributed by atoms with Gasteiger partial charge >= 0.3 is 0 Å². The number of nitrogens with zero attached hydrogens (tertiary/aromatic N) is 4. The Morgan fingerprint density at radius 2 is 1.75 bits per heavy atom. The van der Waals surface area contributed by atoms with Gasteiger partial charge in [0.05, 0.1) is 18.3 Å². The molecule has 260 valence electrons. The number of phenols is 1. The molecule has 4 aliphatic rings. The molecule has 1 aliphatic heterocycles. The van der Waals surface area contributed by atoms with E-state index in [1.807, 2.05) is 37.2 Å². The molecule has 6 atom stereocenters. The molecular formula is C34H45N5O8S. The molecule has 1 saturated heterocycles. The number of likely N-dealkylation sites (N-methyl/N-ethyl adjacent to an activating group) is 1. The molecule has 0 radical (unpaired) electrons. The van der Waals surface area contributed by atoms with Crippen molar-refractivity contribution in [2.45, 2.75) is 37.1 Å². The second-order valence-corrected chi connectivity index (χ2v) is 15.1. The maximum Gasteiger partial charge on any atom is 0.230 e. The third-order valence-electron chi connectivity index (χ3n) is 10.7. The van der Waals surface area contributed by atoms with Crippen LogP contribution in [0.4, 0.5) is 5.69 Å². The van der Waals surface area contributed by atoms with Crippen molar-refractivity contribution in [1.82, 2.24) is 14.7 Å². The summed E-state index contributed by atoms with van der Waals surface area (Å²) >= 11 is 1.53. The molecule has 13 nitrogen and oxygen atoms in total. The lowest BCUT2D eigenvalue weighted by Gasteiger charge is -2.53. The minimum atomic E-state index is -2.70. The molecule has 2 aromatic rings. The van der Waals surface area contributed by atoms with Crippen molar-refractivity contribution in [3.8, 4) is 16.2 Å². The van der Waals surface area contributed by atoms with E-state index < -0.39 is 58.7 Å². The number of piperazine rings is 1. The quantitative estimate of drug-likeness (QED) is 0.205. The van der Waals surface area contributed by atoms with E-state index in [-0.39, 0.29) is 36.3 Å². The SMILES string of the molecule is CN(C)c1cc(-c2ccc(CN3CCN(CCO)CC3)s2)c(O)c2c1C[C@H]1C[C@H]3[C@H](N(C)C)C(O)C(C(N)=O)C(=O)[C@@]3(O)C(=O)C1=C2O. The number of amides is 1. The molecule has 0 spiro atoms. The second kappa shape index (κ2) is 12.8. The number of Topliss-reactive ketones (excluding diaryl/α,β-unsaturated/α-hetero) is 2. The summed E-state index contributed by atoms with van der Waals surface area (Å²) in [6, 6.07) is 4.88. The standard InChI is InChI=1S/C34H45N5O8S/c1-36(2)22-15-20(23-6-5-18(48-23)16-39-9-7-38(8-10-39)11-12-40)28(41)25-19(22)13-17-14-21-27(37(3)4)30(43)26(33(35)46)32(45)34(21,47)31(44)24(17)29(25)42/h5-6,15,17,21,26-27,30,40-43,47H,7-14,16H2,1-4H3,(H2,35,46)/t17-,21-,26?,27-,30?,34-/m0/s1. The number of carbonyl (C=O) groups excluding carboxylic acids is 3. The third kappa shape index (κ3) is 5.43. The maximum atomic E-state index is 14.3. The Balaban J connectivity index is 1.39. The number of primary amides is 1. The number of anilines is 1. The summed E-state index contributed by atoms with van der Waals surface area (Å²) in [6.07, 6.45) is -1.24. The summed E-state index contributed by atoms with van der Waals surface area (Å²) in [5, 5.41) is 55.9. The molecule has 3 aliphatic carbocycles. The Morgan fingerprint density at radius 3 is 2.35 bits per heavy atom. The van der Waals surface area contributed by atoms with Gasteiger partial charge in [0.25, 0.3) is 0 Å². The highest BCUT2D eigenvalue weighted by Crippen LogP contribution is 2.55. The fourth-order valence-electron chi connectivity index (χ4n) is 8.38. The third-order valence-corrected chi connectivity index (χ3v) is 11.8. The minimum Gasteiger partial charge on any atom is -0.507 e. The van der Waals surface area contributed by atoms with Crippen LogP contribution >= 0.6 is 11.3 Å². The molecule has 2 heterocycles. The lowest BCUT2D eigenvalue weighted by molar-refractivity contribution is -0.184. The number of β-amino-alcohol motifs (C(OH)–C–C–N with tert-alkyl or cyclic N) is 1. The molecular weight excluding hydrogens is 638 g/mol. The van der Waals surface area contributed by atoms with Gasteiger partial charge in [0, 0.05) is 91.9 Å². The molecule has 6 rings (SSSR count). The summed E-state index contributed by atoms with van der Waals surface area (Å²) in [5.74, 6) is -7.57. The maximum absolute atomic E-state index is 14.3. The molecule has 2 unspecified atom stereocenters. The molecule has 7 N–H and O–H groups in total. The smallest absolute Gasteiger partial charge is 0.230 e. The predicted molar refractivity (Wildman–Crippen MR) is 181 cm³/mol. The van der Waals surface area contributed by atoms with Crippen LogP contribution < -0.4 is 10.6 Å². The first-order valence-corrected chi connectivity index (χ1v) is 17.1. The number of hydrogen-bond donors (Lipinski definition) is 6. The van der Waals surface area contributed by atoms with Gasteiger partial charge in [0.2, 0.25) is 11.7 Å². The summed E-state index contributed by atoms with van der Waals surface area (Å²) < 4.78 is 0. The van der Waals surface area contributed by atoms with Gasteiger partial charge in [-0.15, -0.1) is 11.3 Å². The summed E-state index contributed by atoms with van der Waals surface area (Å²) in [5.41, 5.74) is 4.54. The average molecular weight is 684 g/mol. The number of benzene rings is 1. The Kier molecular flexibility index (Phi) is 9.22. The Bertz CT molecular complexity index is 1660. The lowest BCUT2D eigenvalue weighted by atomic mass is 9.54. The molecule has 48 heavy (non-hydrogen) atoms. The highest BCUT2D eigenvalue weighted by atomic mass is 32.1. The van der Waals surface area contributed by atoms with Gasteiger partial charge in [-0.05, 0) is 56.6 Å². The van der Waals surface area contributed by atoms with Gasteiger partial charge in [0.15, 0.2) is 11.4 Å². The Hall–Kier alpha value is -3.37. The van der Waals surface area contributed by atoms with Crippen LogP contribution in [0.25, 0.3) is 16.2 Å². The summed E-state index contributed by atoms with van der Waals surface area (Å²) in [6.45, 7) is 5.06. The fourth-order valence-corrected chi connectivity index (χ4v) is 9.45. The number of aromatic hydroxyl groups is 1. The zero-order valence-electron chi connectivity index (χ0n) is 27.7. The first-order chi connectivity index (χ1) is 22.7.